The molecule has 182 valence electrons. The zero-order chi connectivity index (χ0) is 24.0. The van der Waals surface area contributed by atoms with Crippen LogP contribution in [0.3, 0.4) is 0 Å². The smallest absolute Gasteiger partial charge is 0.417 e. The lowest BCUT2D eigenvalue weighted by Gasteiger charge is -2.55. The van der Waals surface area contributed by atoms with Gasteiger partial charge in [-0.25, -0.2) is 4.79 Å². The fourth-order valence-electron chi connectivity index (χ4n) is 5.16. The lowest BCUT2D eigenvalue weighted by molar-refractivity contribution is -0.312. The van der Waals surface area contributed by atoms with E-state index in [0.29, 0.717) is 25.1 Å². The SMILES string of the molecule is Cc1cnc(CNC(=O)OC23CCC4(CCN(c5ccc(OC(F)(F)F)cc5)C4O2)CC3)cn1. The van der Waals surface area contributed by atoms with E-state index in [1.54, 1.807) is 24.5 Å². The van der Waals surface area contributed by atoms with E-state index < -0.39 is 18.2 Å². The van der Waals surface area contributed by atoms with Gasteiger partial charge in [-0.2, -0.15) is 0 Å². The Kier molecular flexibility index (Phi) is 5.54. The maximum atomic E-state index is 12.5. The average Bonchev–Trinajstić information content (AvgIpc) is 3.17. The molecule has 1 aromatic carbocycles. The van der Waals surface area contributed by atoms with Crippen molar-refractivity contribution in [1.82, 2.24) is 15.3 Å². The van der Waals surface area contributed by atoms with Gasteiger partial charge in [0.25, 0.3) is 0 Å². The van der Waals surface area contributed by atoms with Gasteiger partial charge in [0.2, 0.25) is 5.79 Å². The number of nitrogens with zero attached hydrogens (tertiary/aromatic N) is 3. The summed E-state index contributed by atoms with van der Waals surface area (Å²) in [5.74, 6) is -1.30. The molecule has 1 saturated carbocycles. The standard InChI is InChI=1S/C23H25F3N4O4/c1-15-12-28-16(13-27-15)14-29-20(31)34-22-8-6-21(7-9-22)10-11-30(19(21)33-22)17-2-4-18(5-3-17)32-23(24,25)26/h2-5,12-13,19H,6-11,14H2,1H3,(H,29,31). The topological polar surface area (TPSA) is 85.8 Å². The largest absolute Gasteiger partial charge is 0.573 e. The molecule has 1 spiro atoms. The summed E-state index contributed by atoms with van der Waals surface area (Å²) < 4.78 is 53.6. The number of alkyl halides is 3. The molecule has 6 rings (SSSR count). The first-order valence-corrected chi connectivity index (χ1v) is 11.2. The zero-order valence-corrected chi connectivity index (χ0v) is 18.6. The maximum absolute atomic E-state index is 12.5. The molecule has 1 unspecified atom stereocenters. The van der Waals surface area contributed by atoms with Gasteiger partial charge in [-0.05, 0) is 50.5 Å². The highest BCUT2D eigenvalue weighted by molar-refractivity contribution is 5.67. The molecule has 1 amide bonds. The van der Waals surface area contributed by atoms with E-state index >= 15 is 0 Å². The number of aromatic nitrogens is 2. The van der Waals surface area contributed by atoms with Crippen molar-refractivity contribution in [3.63, 3.8) is 0 Å². The summed E-state index contributed by atoms with van der Waals surface area (Å²) in [6, 6.07) is 5.77. The van der Waals surface area contributed by atoms with Crippen LogP contribution in [0.2, 0.25) is 0 Å². The quantitative estimate of drug-likeness (QED) is 0.680. The predicted molar refractivity (Wildman–Crippen MR) is 114 cm³/mol. The van der Waals surface area contributed by atoms with Crippen LogP contribution in [-0.4, -0.2) is 41.0 Å². The molecule has 0 radical (unpaired) electrons. The van der Waals surface area contributed by atoms with Crippen LogP contribution < -0.4 is 15.0 Å². The Morgan fingerprint density at radius 1 is 1.15 bits per heavy atom. The van der Waals surface area contributed by atoms with Crippen molar-refractivity contribution in [3.05, 3.63) is 48.0 Å². The minimum atomic E-state index is -4.73. The molecular weight excluding hydrogens is 453 g/mol. The van der Waals surface area contributed by atoms with Crippen LogP contribution in [0.5, 0.6) is 5.75 Å². The van der Waals surface area contributed by atoms with Crippen LogP contribution in [0.1, 0.15) is 43.5 Å². The highest BCUT2D eigenvalue weighted by Crippen LogP contribution is 2.59. The third-order valence-corrected chi connectivity index (χ3v) is 6.92. The molecule has 1 atom stereocenters. The van der Waals surface area contributed by atoms with Gasteiger partial charge in [-0.3, -0.25) is 9.97 Å². The molecule has 1 N–H and O–H groups in total. The number of anilines is 1. The summed E-state index contributed by atoms with van der Waals surface area (Å²) in [7, 11) is 0. The molecule has 2 aromatic rings. The summed E-state index contributed by atoms with van der Waals surface area (Å²) in [5.41, 5.74) is 2.09. The van der Waals surface area contributed by atoms with Crippen LogP contribution in [0.4, 0.5) is 23.7 Å². The van der Waals surface area contributed by atoms with Crippen LogP contribution >= 0.6 is 0 Å². The second-order valence-electron chi connectivity index (χ2n) is 9.12. The third-order valence-electron chi connectivity index (χ3n) is 6.92. The molecule has 11 heteroatoms. The van der Waals surface area contributed by atoms with Crippen molar-refractivity contribution in [3.8, 4) is 5.75 Å². The molecule has 8 nitrogen and oxygen atoms in total. The summed E-state index contributed by atoms with van der Waals surface area (Å²) in [5, 5.41) is 2.70. The lowest BCUT2D eigenvalue weighted by Crippen LogP contribution is -2.60. The number of fused-ring (bicyclic) bond motifs is 2. The minimum absolute atomic E-state index is 0.0553. The van der Waals surface area contributed by atoms with Crippen molar-refractivity contribution in [2.24, 2.45) is 5.41 Å². The predicted octanol–water partition coefficient (Wildman–Crippen LogP) is 4.43. The van der Waals surface area contributed by atoms with Crippen LogP contribution in [0.15, 0.2) is 36.7 Å². The highest BCUT2D eigenvalue weighted by atomic mass is 19.4. The number of nitrogens with one attached hydrogen (secondary N) is 1. The summed E-state index contributed by atoms with van der Waals surface area (Å²) >= 11 is 0. The number of aryl methyl sites for hydroxylation is 1. The molecule has 3 aliphatic heterocycles. The number of benzene rings is 1. The van der Waals surface area contributed by atoms with E-state index in [2.05, 4.69) is 20.0 Å². The Bertz CT molecular complexity index is 1040. The number of alkyl carbamates (subject to hydrolysis) is 1. The van der Waals surface area contributed by atoms with Crippen LogP contribution in [-0.2, 0) is 16.0 Å². The van der Waals surface area contributed by atoms with Gasteiger partial charge in [0.1, 0.15) is 12.0 Å². The lowest BCUT2D eigenvalue weighted by atomic mass is 9.67. The van der Waals surface area contributed by atoms with Gasteiger partial charge in [0.15, 0.2) is 0 Å². The fourth-order valence-corrected chi connectivity index (χ4v) is 5.16. The first kappa shape index (κ1) is 22.7. The zero-order valence-electron chi connectivity index (χ0n) is 18.6. The van der Waals surface area contributed by atoms with E-state index in [0.717, 1.165) is 30.6 Å². The maximum Gasteiger partial charge on any atom is 0.573 e. The number of amides is 1. The van der Waals surface area contributed by atoms with E-state index in [9.17, 15) is 18.0 Å². The normalized spacial score (nSPS) is 27.9. The Morgan fingerprint density at radius 3 is 2.53 bits per heavy atom. The van der Waals surface area contributed by atoms with Gasteiger partial charge >= 0.3 is 12.5 Å². The summed E-state index contributed by atoms with van der Waals surface area (Å²) in [6.07, 6.45) is 1.40. The molecule has 4 fully saturated rings. The second kappa shape index (κ2) is 8.30. The van der Waals surface area contributed by atoms with Crippen molar-refractivity contribution in [1.29, 1.82) is 0 Å². The second-order valence-corrected chi connectivity index (χ2v) is 9.12. The summed E-state index contributed by atoms with van der Waals surface area (Å²) in [6.45, 7) is 2.73. The van der Waals surface area contributed by atoms with Crippen molar-refractivity contribution in [2.75, 3.05) is 11.4 Å². The number of ether oxygens (including phenoxy) is 3. The number of carbonyl (C=O) groups is 1. The van der Waals surface area contributed by atoms with E-state index in [1.165, 1.54) is 12.1 Å². The third kappa shape index (κ3) is 4.48. The molecule has 34 heavy (non-hydrogen) atoms. The fraction of sp³-hybridized carbons (Fsp3) is 0.522. The Morgan fingerprint density at radius 2 is 1.88 bits per heavy atom. The van der Waals surface area contributed by atoms with Gasteiger partial charge in [-0.15, -0.1) is 13.2 Å². The monoisotopic (exact) mass is 478 g/mol. The van der Waals surface area contributed by atoms with Gasteiger partial charge < -0.3 is 24.4 Å². The molecule has 2 bridgehead atoms. The number of halogens is 3. The molecule has 1 aromatic heterocycles. The molecule has 4 aliphatic rings. The van der Waals surface area contributed by atoms with Crippen molar-refractivity contribution < 1.29 is 32.2 Å². The summed E-state index contributed by atoms with van der Waals surface area (Å²) in [4.78, 5) is 22.9. The van der Waals surface area contributed by atoms with Crippen molar-refractivity contribution in [2.45, 2.75) is 63.9 Å². The van der Waals surface area contributed by atoms with Crippen LogP contribution in [0, 0.1) is 12.3 Å². The first-order valence-electron chi connectivity index (χ1n) is 11.2. The van der Waals surface area contributed by atoms with Crippen LogP contribution in [0.25, 0.3) is 0 Å². The van der Waals surface area contributed by atoms with Crippen molar-refractivity contribution >= 4 is 11.8 Å². The van der Waals surface area contributed by atoms with E-state index in [4.69, 9.17) is 9.47 Å². The minimum Gasteiger partial charge on any atom is -0.417 e. The first-order chi connectivity index (χ1) is 16.2. The highest BCUT2D eigenvalue weighted by Gasteiger charge is 2.61. The number of carbonyl (C=O) groups excluding carboxylic acids is 1. The van der Waals surface area contributed by atoms with E-state index in [-0.39, 0.29) is 23.9 Å². The Balaban J connectivity index is 1.25. The average molecular weight is 478 g/mol. The number of hydrogen-bond donors (Lipinski definition) is 1. The molecule has 3 saturated heterocycles. The number of rotatable bonds is 5. The van der Waals surface area contributed by atoms with Gasteiger partial charge in [0.05, 0.1) is 24.1 Å². The van der Waals surface area contributed by atoms with Gasteiger partial charge in [-0.1, -0.05) is 0 Å². The van der Waals surface area contributed by atoms with Gasteiger partial charge in [0, 0.05) is 36.7 Å². The van der Waals surface area contributed by atoms with E-state index in [1.807, 2.05) is 11.8 Å². The Hall–Kier alpha value is -3.08. The molecule has 1 aliphatic carbocycles. The molecule has 4 heterocycles. The molecular formula is C23H25F3N4O4. The number of hydrogen-bond acceptors (Lipinski definition) is 7. The Labute approximate surface area is 194 Å².